The molecule has 2 aromatic rings. The fourth-order valence-electron chi connectivity index (χ4n) is 3.10. The van der Waals surface area contributed by atoms with Gasteiger partial charge in [0.05, 0.1) is 11.4 Å². The van der Waals surface area contributed by atoms with Gasteiger partial charge in [-0.1, -0.05) is 0 Å². The van der Waals surface area contributed by atoms with Crippen LogP contribution in [0, 0.1) is 0 Å². The van der Waals surface area contributed by atoms with E-state index in [2.05, 4.69) is 15.0 Å². The highest BCUT2D eigenvalue weighted by molar-refractivity contribution is 5.68. The van der Waals surface area contributed by atoms with Crippen molar-refractivity contribution in [1.29, 1.82) is 0 Å². The van der Waals surface area contributed by atoms with Crippen LogP contribution >= 0.6 is 0 Å². The lowest BCUT2D eigenvalue weighted by atomic mass is 10.2. The summed E-state index contributed by atoms with van der Waals surface area (Å²) in [4.78, 5) is 41.3. The Labute approximate surface area is 164 Å². The fourth-order valence-corrected chi connectivity index (χ4v) is 3.10. The number of carbonyl (C=O) groups excluding carboxylic acids is 1. The molecule has 1 fully saturated rings. The second-order valence-electron chi connectivity index (χ2n) is 7.90. The molecule has 2 aromatic heterocycles. The van der Waals surface area contributed by atoms with Gasteiger partial charge in [-0.05, 0) is 33.8 Å². The topological polar surface area (TPSA) is 93.5 Å². The van der Waals surface area contributed by atoms with Crippen LogP contribution in [0.3, 0.4) is 0 Å². The molecule has 28 heavy (non-hydrogen) atoms. The lowest BCUT2D eigenvalue weighted by Gasteiger charge is -2.41. The molecule has 0 bridgehead atoms. The Hall–Kier alpha value is -2.97. The summed E-state index contributed by atoms with van der Waals surface area (Å²) in [5.41, 5.74) is 0.395. The maximum absolute atomic E-state index is 12.5. The van der Waals surface area contributed by atoms with Gasteiger partial charge < -0.3 is 14.5 Å². The number of aromatic nitrogens is 4. The summed E-state index contributed by atoms with van der Waals surface area (Å²) < 4.78 is 6.99. The zero-order chi connectivity index (χ0) is 20.5. The molecule has 0 aromatic carbocycles. The van der Waals surface area contributed by atoms with Gasteiger partial charge in [-0.2, -0.15) is 0 Å². The third kappa shape index (κ3) is 4.29. The van der Waals surface area contributed by atoms with Crippen LogP contribution < -0.4 is 10.5 Å². The number of nitrogens with zero attached hydrogens (tertiary/aromatic N) is 6. The molecule has 9 nitrogen and oxygen atoms in total. The van der Waals surface area contributed by atoms with Crippen LogP contribution in [0.1, 0.15) is 27.7 Å². The summed E-state index contributed by atoms with van der Waals surface area (Å²) in [7, 11) is 1.70. The van der Waals surface area contributed by atoms with Gasteiger partial charge in [0, 0.05) is 45.0 Å². The minimum atomic E-state index is -0.533. The van der Waals surface area contributed by atoms with Gasteiger partial charge in [0.1, 0.15) is 11.9 Å². The van der Waals surface area contributed by atoms with Crippen molar-refractivity contribution in [2.45, 2.75) is 39.3 Å². The number of ether oxygens (including phenoxy) is 1. The highest BCUT2D eigenvalue weighted by atomic mass is 16.6. The summed E-state index contributed by atoms with van der Waals surface area (Å²) in [6.07, 6.45) is 2.72. The Bertz CT molecular complexity index is 906. The van der Waals surface area contributed by atoms with Crippen molar-refractivity contribution in [3.05, 3.63) is 35.0 Å². The maximum Gasteiger partial charge on any atom is 0.410 e. The first-order chi connectivity index (χ1) is 13.2. The van der Waals surface area contributed by atoms with Gasteiger partial charge in [0.15, 0.2) is 0 Å². The molecule has 1 saturated heterocycles. The van der Waals surface area contributed by atoms with Gasteiger partial charge in [-0.3, -0.25) is 9.36 Å². The third-order valence-electron chi connectivity index (χ3n) is 4.49. The summed E-state index contributed by atoms with van der Waals surface area (Å²) in [5.74, 6) is 0.553. The average molecular weight is 386 g/mol. The van der Waals surface area contributed by atoms with Crippen molar-refractivity contribution < 1.29 is 9.53 Å². The van der Waals surface area contributed by atoms with Crippen LogP contribution in [-0.4, -0.2) is 61.8 Å². The number of hydrogen-bond donors (Lipinski definition) is 0. The molecule has 0 N–H and O–H groups in total. The zero-order valence-electron chi connectivity index (χ0n) is 16.9. The van der Waals surface area contributed by atoms with Crippen LogP contribution in [0.25, 0.3) is 11.4 Å². The quantitative estimate of drug-likeness (QED) is 0.775. The minimum absolute atomic E-state index is 0.0278. The summed E-state index contributed by atoms with van der Waals surface area (Å²) in [5, 5.41) is 0. The molecule has 3 heterocycles. The molecule has 1 amide bonds. The van der Waals surface area contributed by atoms with Gasteiger partial charge in [-0.15, -0.1) is 0 Å². The van der Waals surface area contributed by atoms with E-state index in [9.17, 15) is 9.59 Å². The summed E-state index contributed by atoms with van der Waals surface area (Å²) in [6, 6.07) is 3.16. The number of rotatable bonds is 2. The van der Waals surface area contributed by atoms with Crippen LogP contribution in [0.2, 0.25) is 0 Å². The Morgan fingerprint density at radius 3 is 2.61 bits per heavy atom. The highest BCUT2D eigenvalue weighted by Crippen LogP contribution is 2.21. The largest absolute Gasteiger partial charge is 0.444 e. The Kier molecular flexibility index (Phi) is 5.35. The maximum atomic E-state index is 12.5. The zero-order valence-corrected chi connectivity index (χ0v) is 16.9. The Morgan fingerprint density at radius 1 is 1.25 bits per heavy atom. The highest BCUT2D eigenvalue weighted by Gasteiger charge is 2.31. The normalized spacial score (nSPS) is 17.5. The van der Waals surface area contributed by atoms with E-state index >= 15 is 0 Å². The van der Waals surface area contributed by atoms with E-state index in [1.165, 1.54) is 17.0 Å². The first-order valence-corrected chi connectivity index (χ1v) is 9.25. The van der Waals surface area contributed by atoms with Crippen molar-refractivity contribution in [3.63, 3.8) is 0 Å². The fraction of sp³-hybridized carbons (Fsp3) is 0.526. The predicted octanol–water partition coefficient (Wildman–Crippen LogP) is 1.68. The summed E-state index contributed by atoms with van der Waals surface area (Å²) >= 11 is 0. The van der Waals surface area contributed by atoms with E-state index < -0.39 is 5.60 Å². The molecule has 0 saturated carbocycles. The number of anilines is 1. The number of hydrogen-bond acceptors (Lipinski definition) is 7. The molecule has 0 aliphatic carbocycles. The standard InChI is InChI=1S/C19H26N6O3/c1-13-11-24(18(27)28-19(2,3)4)8-9-25(13)17-22-15(10-16(26)23(17)5)14-6-7-20-12-21-14/h6-7,10,12-13H,8-9,11H2,1-5H3/t13-/m0/s1. The Balaban J connectivity index is 1.84. The molecular weight excluding hydrogens is 360 g/mol. The van der Waals surface area contributed by atoms with Crippen LogP contribution in [0.15, 0.2) is 29.5 Å². The first kappa shape index (κ1) is 19.8. The van der Waals surface area contributed by atoms with E-state index in [1.54, 1.807) is 24.2 Å². The number of amides is 1. The Morgan fingerprint density at radius 2 is 2.00 bits per heavy atom. The van der Waals surface area contributed by atoms with Gasteiger partial charge in [-0.25, -0.2) is 19.7 Å². The van der Waals surface area contributed by atoms with Crippen molar-refractivity contribution in [3.8, 4) is 11.4 Å². The average Bonchev–Trinajstić information content (AvgIpc) is 2.63. The lowest BCUT2D eigenvalue weighted by molar-refractivity contribution is 0.0217. The van der Waals surface area contributed by atoms with E-state index in [4.69, 9.17) is 4.74 Å². The second-order valence-corrected chi connectivity index (χ2v) is 7.90. The van der Waals surface area contributed by atoms with Crippen molar-refractivity contribution in [2.24, 2.45) is 7.05 Å². The molecule has 0 radical (unpaired) electrons. The molecule has 1 atom stereocenters. The van der Waals surface area contributed by atoms with E-state index in [-0.39, 0.29) is 17.7 Å². The lowest BCUT2D eigenvalue weighted by Crippen LogP contribution is -2.55. The van der Waals surface area contributed by atoms with E-state index in [0.29, 0.717) is 37.0 Å². The van der Waals surface area contributed by atoms with Crippen LogP contribution in [0.4, 0.5) is 10.7 Å². The van der Waals surface area contributed by atoms with E-state index in [0.717, 1.165) is 0 Å². The van der Waals surface area contributed by atoms with E-state index in [1.807, 2.05) is 32.6 Å². The molecule has 9 heteroatoms. The minimum Gasteiger partial charge on any atom is -0.444 e. The van der Waals surface area contributed by atoms with Crippen LogP contribution in [0.5, 0.6) is 0 Å². The van der Waals surface area contributed by atoms with Crippen molar-refractivity contribution in [2.75, 3.05) is 24.5 Å². The molecule has 1 aliphatic rings. The van der Waals surface area contributed by atoms with Crippen molar-refractivity contribution in [1.82, 2.24) is 24.4 Å². The van der Waals surface area contributed by atoms with Crippen molar-refractivity contribution >= 4 is 12.0 Å². The van der Waals surface area contributed by atoms with Gasteiger partial charge >= 0.3 is 6.09 Å². The molecule has 3 rings (SSSR count). The number of carbonyl (C=O) groups is 1. The SMILES string of the molecule is C[C@H]1CN(C(=O)OC(C)(C)C)CCN1c1nc(-c2ccncn2)cc(=O)n1C. The van der Waals surface area contributed by atoms with Gasteiger partial charge in [0.2, 0.25) is 5.95 Å². The molecule has 1 aliphatic heterocycles. The summed E-state index contributed by atoms with van der Waals surface area (Å²) in [6.45, 7) is 9.08. The molecule has 0 spiro atoms. The predicted molar refractivity (Wildman–Crippen MR) is 105 cm³/mol. The molecule has 0 unspecified atom stereocenters. The number of piperazine rings is 1. The molecular formula is C19H26N6O3. The second kappa shape index (κ2) is 7.57. The monoisotopic (exact) mass is 386 g/mol. The first-order valence-electron chi connectivity index (χ1n) is 9.25. The molecule has 150 valence electrons. The smallest absolute Gasteiger partial charge is 0.410 e. The van der Waals surface area contributed by atoms with Gasteiger partial charge in [0.25, 0.3) is 5.56 Å². The van der Waals surface area contributed by atoms with Crippen LogP contribution in [-0.2, 0) is 11.8 Å². The third-order valence-corrected chi connectivity index (χ3v) is 4.49.